The van der Waals surface area contributed by atoms with Crippen LogP contribution in [0.15, 0.2) is 36.4 Å². The van der Waals surface area contributed by atoms with Crippen LogP contribution in [0.3, 0.4) is 0 Å². The summed E-state index contributed by atoms with van der Waals surface area (Å²) in [7, 11) is 4.92. The monoisotopic (exact) mass is 419 g/mol. The van der Waals surface area contributed by atoms with Gasteiger partial charge in [0.05, 0.1) is 25.4 Å². The fourth-order valence-electron chi connectivity index (χ4n) is 2.66. The third-order valence-electron chi connectivity index (χ3n) is 4.23. The minimum Gasteiger partial charge on any atom is -0.497 e. The molecule has 0 saturated carbocycles. The zero-order valence-corrected chi connectivity index (χ0v) is 18.3. The first-order valence-corrected chi connectivity index (χ1v) is 9.59. The lowest BCUT2D eigenvalue weighted by Crippen LogP contribution is -2.39. The van der Waals surface area contributed by atoms with Crippen molar-refractivity contribution < 1.29 is 23.5 Å². The molecule has 0 aromatic heterocycles. The van der Waals surface area contributed by atoms with E-state index in [-0.39, 0.29) is 18.3 Å². The van der Waals surface area contributed by atoms with Crippen molar-refractivity contribution in [1.29, 1.82) is 0 Å². The minimum absolute atomic E-state index is 0.0608. The Bertz CT molecular complexity index is 858. The highest BCUT2D eigenvalue weighted by atomic mass is 19.1. The smallest absolute Gasteiger partial charge is 0.416 e. The minimum atomic E-state index is -0.528. The molecule has 7 nitrogen and oxygen atoms in total. The summed E-state index contributed by atoms with van der Waals surface area (Å²) in [5.74, 6) is 0.568. The summed E-state index contributed by atoms with van der Waals surface area (Å²) in [6, 6.07) is 9.81. The summed E-state index contributed by atoms with van der Waals surface area (Å²) in [4.78, 5) is 24.6. The van der Waals surface area contributed by atoms with Crippen LogP contribution in [0.5, 0.6) is 11.5 Å². The van der Waals surface area contributed by atoms with Crippen LogP contribution in [0.4, 0.5) is 14.9 Å². The standard InChI is InChI=1S/C17H17FN2O3.C3H7NO.C2H6/c1-10-13-7-6-12(22-2)8-15(13)23-17(21)20(10)9-11-4-3-5-14(19)16(11)18;1-4(2)3-5;1-2/h3-8,10H,9,19H2,1-2H3;3H,1-2H3;1-2H3. The summed E-state index contributed by atoms with van der Waals surface area (Å²) in [5.41, 5.74) is 6.84. The van der Waals surface area contributed by atoms with Crippen molar-refractivity contribution in [3.05, 3.63) is 53.3 Å². The van der Waals surface area contributed by atoms with Gasteiger partial charge in [-0.3, -0.25) is 9.69 Å². The first-order chi connectivity index (χ1) is 14.3. The maximum atomic E-state index is 14.1. The number of carbonyl (C=O) groups is 2. The number of carbonyl (C=O) groups excluding carboxylic acids is 2. The molecular weight excluding hydrogens is 389 g/mol. The van der Waals surface area contributed by atoms with Gasteiger partial charge in [-0.05, 0) is 25.1 Å². The van der Waals surface area contributed by atoms with Gasteiger partial charge in [-0.1, -0.05) is 26.0 Å². The van der Waals surface area contributed by atoms with Crippen molar-refractivity contribution in [1.82, 2.24) is 9.80 Å². The Morgan fingerprint density at radius 2 is 1.90 bits per heavy atom. The Kier molecular flexibility index (Phi) is 9.61. The first kappa shape index (κ1) is 24.7. The number of nitrogens with zero attached hydrogens (tertiary/aromatic N) is 2. The third kappa shape index (κ3) is 6.10. The lowest BCUT2D eigenvalue weighted by atomic mass is 10.0. The highest BCUT2D eigenvalue weighted by molar-refractivity contribution is 5.74. The van der Waals surface area contributed by atoms with E-state index in [0.29, 0.717) is 17.1 Å². The van der Waals surface area contributed by atoms with E-state index < -0.39 is 11.9 Å². The van der Waals surface area contributed by atoms with Gasteiger partial charge in [0, 0.05) is 31.3 Å². The van der Waals surface area contributed by atoms with Gasteiger partial charge in [0.1, 0.15) is 11.5 Å². The molecule has 0 aliphatic carbocycles. The van der Waals surface area contributed by atoms with Crippen LogP contribution in [-0.2, 0) is 11.3 Å². The molecule has 0 spiro atoms. The summed E-state index contributed by atoms with van der Waals surface area (Å²) < 4.78 is 24.6. The number of nitrogen functional groups attached to an aromatic ring is 1. The molecule has 8 heteroatoms. The van der Waals surface area contributed by atoms with Crippen LogP contribution >= 0.6 is 0 Å². The molecule has 1 aliphatic rings. The summed E-state index contributed by atoms with van der Waals surface area (Å²) in [6.45, 7) is 5.96. The molecule has 2 aromatic rings. The molecule has 0 bridgehead atoms. The predicted octanol–water partition coefficient (Wildman–Crippen LogP) is 4.22. The number of hydrogen-bond acceptors (Lipinski definition) is 5. The van der Waals surface area contributed by atoms with Crippen molar-refractivity contribution in [3.63, 3.8) is 0 Å². The van der Waals surface area contributed by atoms with E-state index in [9.17, 15) is 14.0 Å². The number of benzene rings is 2. The van der Waals surface area contributed by atoms with Crippen LogP contribution in [0.1, 0.15) is 37.9 Å². The van der Waals surface area contributed by atoms with Crippen molar-refractivity contribution in [2.24, 2.45) is 0 Å². The highest BCUT2D eigenvalue weighted by Gasteiger charge is 2.32. The van der Waals surface area contributed by atoms with Crippen LogP contribution in [-0.4, -0.2) is 43.5 Å². The van der Waals surface area contributed by atoms with Crippen LogP contribution < -0.4 is 15.2 Å². The van der Waals surface area contributed by atoms with Gasteiger partial charge in [0.25, 0.3) is 0 Å². The molecule has 2 N–H and O–H groups in total. The normalized spacial score (nSPS) is 14.2. The Morgan fingerprint density at radius 3 is 2.47 bits per heavy atom. The summed E-state index contributed by atoms with van der Waals surface area (Å²) >= 11 is 0. The van der Waals surface area contributed by atoms with Gasteiger partial charge in [0.2, 0.25) is 6.41 Å². The number of methoxy groups -OCH3 is 1. The van der Waals surface area contributed by atoms with Gasteiger partial charge in [-0.25, -0.2) is 9.18 Å². The second-order valence-corrected chi connectivity index (χ2v) is 6.46. The number of halogens is 1. The van der Waals surface area contributed by atoms with Crippen LogP contribution in [0.2, 0.25) is 0 Å². The van der Waals surface area contributed by atoms with Crippen LogP contribution in [0, 0.1) is 5.82 Å². The number of anilines is 1. The van der Waals surface area contributed by atoms with E-state index >= 15 is 0 Å². The predicted molar refractivity (Wildman–Crippen MR) is 115 cm³/mol. The molecule has 3 rings (SSSR count). The Hall–Kier alpha value is -3.29. The highest BCUT2D eigenvalue weighted by Crippen LogP contribution is 2.38. The van der Waals surface area contributed by atoms with E-state index in [1.165, 1.54) is 15.9 Å². The molecule has 1 heterocycles. The average Bonchev–Trinajstić information content (AvgIpc) is 2.75. The van der Waals surface area contributed by atoms with Gasteiger partial charge in [-0.15, -0.1) is 0 Å². The van der Waals surface area contributed by atoms with Gasteiger partial charge < -0.3 is 20.1 Å². The molecule has 0 radical (unpaired) electrons. The number of amides is 2. The van der Waals surface area contributed by atoms with E-state index in [1.807, 2.05) is 26.8 Å². The number of nitrogens with two attached hydrogens (primary N) is 1. The number of ether oxygens (including phenoxy) is 2. The number of fused-ring (bicyclic) bond motifs is 1. The molecule has 2 aromatic carbocycles. The molecular formula is C22H30FN3O4. The van der Waals surface area contributed by atoms with Crippen molar-refractivity contribution >= 4 is 18.2 Å². The van der Waals surface area contributed by atoms with E-state index in [4.69, 9.17) is 15.2 Å². The maximum Gasteiger partial charge on any atom is 0.416 e. The largest absolute Gasteiger partial charge is 0.497 e. The summed E-state index contributed by atoms with van der Waals surface area (Å²) in [6.07, 6.45) is 0.222. The molecule has 30 heavy (non-hydrogen) atoms. The van der Waals surface area contributed by atoms with Gasteiger partial charge in [-0.2, -0.15) is 0 Å². The lowest BCUT2D eigenvalue weighted by Gasteiger charge is -2.34. The molecule has 164 valence electrons. The zero-order chi connectivity index (χ0) is 22.8. The van der Waals surface area contributed by atoms with E-state index in [1.54, 1.807) is 45.5 Å². The van der Waals surface area contributed by atoms with E-state index in [2.05, 4.69) is 0 Å². The Balaban J connectivity index is 0.000000565. The zero-order valence-electron chi connectivity index (χ0n) is 18.3. The second kappa shape index (κ2) is 11.6. The molecule has 1 atom stereocenters. The fraction of sp³-hybridized carbons (Fsp3) is 0.364. The fourth-order valence-corrected chi connectivity index (χ4v) is 2.66. The maximum absolute atomic E-state index is 14.1. The lowest BCUT2D eigenvalue weighted by molar-refractivity contribution is -0.115. The van der Waals surface area contributed by atoms with E-state index in [0.717, 1.165) is 12.0 Å². The molecule has 0 saturated heterocycles. The molecule has 2 amide bonds. The van der Waals surface area contributed by atoms with Crippen LogP contribution in [0.25, 0.3) is 0 Å². The molecule has 1 aliphatic heterocycles. The number of hydrogen-bond donors (Lipinski definition) is 1. The quantitative estimate of drug-likeness (QED) is 0.592. The van der Waals surface area contributed by atoms with Crippen molar-refractivity contribution in [2.75, 3.05) is 26.9 Å². The van der Waals surface area contributed by atoms with Crippen molar-refractivity contribution in [3.8, 4) is 11.5 Å². The second-order valence-electron chi connectivity index (χ2n) is 6.46. The number of rotatable bonds is 4. The van der Waals surface area contributed by atoms with Crippen molar-refractivity contribution in [2.45, 2.75) is 33.4 Å². The Labute approximate surface area is 177 Å². The Morgan fingerprint density at radius 1 is 1.27 bits per heavy atom. The third-order valence-corrected chi connectivity index (χ3v) is 4.23. The topological polar surface area (TPSA) is 85.1 Å². The molecule has 1 unspecified atom stereocenters. The SMILES string of the molecule is CC.CN(C)C=O.COc1ccc2c(c1)OC(=O)N(Cc1cccc(N)c1F)C2C. The van der Waals surface area contributed by atoms with Gasteiger partial charge >= 0.3 is 6.09 Å². The van der Waals surface area contributed by atoms with Gasteiger partial charge in [0.15, 0.2) is 5.82 Å². The average molecular weight is 419 g/mol. The molecule has 0 fully saturated rings. The first-order valence-electron chi connectivity index (χ1n) is 9.59. The summed E-state index contributed by atoms with van der Waals surface area (Å²) in [5, 5.41) is 0.